The van der Waals surface area contributed by atoms with Crippen molar-refractivity contribution < 1.29 is 9.18 Å². The molecular weight excluding hydrogens is 265 g/mol. The van der Waals surface area contributed by atoms with Crippen LogP contribution >= 0.6 is 11.6 Å². The molecule has 0 aliphatic heterocycles. The lowest BCUT2D eigenvalue weighted by molar-refractivity contribution is -0.120. The lowest BCUT2D eigenvalue weighted by atomic mass is 9.99. The normalized spacial score (nSPS) is 12.5. The fourth-order valence-electron chi connectivity index (χ4n) is 2.06. The fraction of sp³-hybridized carbons (Fsp3) is 0.533. The van der Waals surface area contributed by atoms with E-state index in [1.807, 2.05) is 0 Å². The summed E-state index contributed by atoms with van der Waals surface area (Å²) in [5.41, 5.74) is 0.411. The Morgan fingerprint density at radius 1 is 1.32 bits per heavy atom. The molecule has 0 radical (unpaired) electrons. The number of nitrogens with one attached hydrogen (secondary N) is 1. The van der Waals surface area contributed by atoms with Gasteiger partial charge in [-0.05, 0) is 17.5 Å². The van der Waals surface area contributed by atoms with Crippen LogP contribution in [0.4, 0.5) is 4.39 Å². The van der Waals surface area contributed by atoms with Crippen molar-refractivity contribution in [2.45, 2.75) is 38.5 Å². The van der Waals surface area contributed by atoms with Crippen LogP contribution in [0.2, 0.25) is 0 Å². The summed E-state index contributed by atoms with van der Waals surface area (Å²) in [6.45, 7) is 4.61. The molecule has 1 unspecified atom stereocenters. The Bertz CT molecular complexity index is 407. The van der Waals surface area contributed by atoms with Crippen molar-refractivity contribution in [3.63, 3.8) is 0 Å². The van der Waals surface area contributed by atoms with E-state index in [1.165, 1.54) is 6.07 Å². The van der Waals surface area contributed by atoms with E-state index in [0.717, 1.165) is 12.8 Å². The van der Waals surface area contributed by atoms with E-state index in [2.05, 4.69) is 19.2 Å². The van der Waals surface area contributed by atoms with Gasteiger partial charge in [0.25, 0.3) is 0 Å². The largest absolute Gasteiger partial charge is 0.354 e. The van der Waals surface area contributed by atoms with Crippen LogP contribution in [0, 0.1) is 11.7 Å². The summed E-state index contributed by atoms with van der Waals surface area (Å²) < 4.78 is 13.4. The van der Waals surface area contributed by atoms with Crippen LogP contribution in [0.5, 0.6) is 0 Å². The Hall–Kier alpha value is -1.09. The third kappa shape index (κ3) is 5.19. The summed E-state index contributed by atoms with van der Waals surface area (Å²) in [5.74, 6) is -0.141. The summed E-state index contributed by atoms with van der Waals surface area (Å²) in [4.78, 5) is 11.7. The number of amides is 1. The predicted molar refractivity (Wildman–Crippen MR) is 76.8 cm³/mol. The molecule has 0 spiro atoms. The maximum absolute atomic E-state index is 13.4. The molecule has 0 aliphatic rings. The smallest absolute Gasteiger partial charge is 0.224 e. The van der Waals surface area contributed by atoms with Crippen molar-refractivity contribution in [3.05, 3.63) is 35.6 Å². The number of carbonyl (C=O) groups is 1. The van der Waals surface area contributed by atoms with Crippen molar-refractivity contribution in [1.82, 2.24) is 5.32 Å². The van der Waals surface area contributed by atoms with Crippen LogP contribution in [0.15, 0.2) is 24.3 Å². The Morgan fingerprint density at radius 3 is 2.53 bits per heavy atom. The van der Waals surface area contributed by atoms with Gasteiger partial charge in [0.1, 0.15) is 5.82 Å². The topological polar surface area (TPSA) is 29.1 Å². The summed E-state index contributed by atoms with van der Waals surface area (Å²) in [6, 6.07) is 6.31. The molecule has 4 heteroatoms. The van der Waals surface area contributed by atoms with Crippen LogP contribution < -0.4 is 5.32 Å². The van der Waals surface area contributed by atoms with Crippen molar-refractivity contribution in [2.75, 3.05) is 6.54 Å². The van der Waals surface area contributed by atoms with E-state index in [4.69, 9.17) is 11.6 Å². The second kappa shape index (κ2) is 8.16. The van der Waals surface area contributed by atoms with Gasteiger partial charge in [-0.25, -0.2) is 4.39 Å². The number of benzene rings is 1. The summed E-state index contributed by atoms with van der Waals surface area (Å²) >= 11 is 6.24. The molecule has 2 nitrogen and oxygen atoms in total. The van der Waals surface area contributed by atoms with E-state index < -0.39 is 0 Å². The van der Waals surface area contributed by atoms with E-state index >= 15 is 0 Å². The Balaban J connectivity index is 2.42. The maximum Gasteiger partial charge on any atom is 0.224 e. The van der Waals surface area contributed by atoms with Gasteiger partial charge in [0, 0.05) is 6.54 Å². The van der Waals surface area contributed by atoms with Gasteiger partial charge in [-0.15, -0.1) is 11.6 Å². The summed E-state index contributed by atoms with van der Waals surface area (Å²) in [6.07, 6.45) is 2.04. The molecule has 0 aliphatic carbocycles. The molecule has 1 aromatic rings. The molecule has 0 saturated heterocycles. The minimum Gasteiger partial charge on any atom is -0.354 e. The first-order valence-corrected chi connectivity index (χ1v) is 7.16. The molecule has 0 aromatic heterocycles. The molecule has 1 atom stereocenters. The quantitative estimate of drug-likeness (QED) is 0.763. The third-order valence-electron chi connectivity index (χ3n) is 3.36. The fourth-order valence-corrected chi connectivity index (χ4v) is 2.49. The van der Waals surface area contributed by atoms with Crippen LogP contribution in [-0.4, -0.2) is 17.8 Å². The molecule has 0 saturated carbocycles. The van der Waals surface area contributed by atoms with Gasteiger partial charge in [-0.1, -0.05) is 44.9 Å². The minimum absolute atomic E-state index is 0.0548. The average molecular weight is 286 g/mol. The lowest BCUT2D eigenvalue weighted by Crippen LogP contribution is -2.34. The highest BCUT2D eigenvalue weighted by molar-refractivity contribution is 6.21. The summed E-state index contributed by atoms with van der Waals surface area (Å²) in [7, 11) is 0. The average Bonchev–Trinajstić information content (AvgIpc) is 2.40. The zero-order chi connectivity index (χ0) is 14.3. The van der Waals surface area contributed by atoms with E-state index in [1.54, 1.807) is 18.2 Å². The Labute approximate surface area is 119 Å². The van der Waals surface area contributed by atoms with Gasteiger partial charge >= 0.3 is 0 Å². The van der Waals surface area contributed by atoms with Crippen LogP contribution in [0.25, 0.3) is 0 Å². The lowest BCUT2D eigenvalue weighted by Gasteiger charge is -2.19. The maximum atomic E-state index is 13.4. The highest BCUT2D eigenvalue weighted by Gasteiger charge is 2.16. The van der Waals surface area contributed by atoms with Crippen molar-refractivity contribution >= 4 is 17.5 Å². The number of hydrogen-bond acceptors (Lipinski definition) is 1. The van der Waals surface area contributed by atoms with E-state index in [0.29, 0.717) is 18.0 Å². The predicted octanol–water partition coefficient (Wildman–Crippen LogP) is 3.53. The van der Waals surface area contributed by atoms with Gasteiger partial charge in [0.05, 0.1) is 11.8 Å². The van der Waals surface area contributed by atoms with Crippen LogP contribution in [0.3, 0.4) is 0 Å². The first-order chi connectivity index (χ1) is 9.08. The van der Waals surface area contributed by atoms with E-state index in [9.17, 15) is 9.18 Å². The molecule has 19 heavy (non-hydrogen) atoms. The molecule has 1 N–H and O–H groups in total. The summed E-state index contributed by atoms with van der Waals surface area (Å²) in [5, 5.41) is 2.70. The van der Waals surface area contributed by atoms with Crippen LogP contribution in [0.1, 0.15) is 32.3 Å². The standard InChI is InChI=1S/C15H21ClFNO/c1-3-11(4-2)13(16)10-18-15(19)9-12-7-5-6-8-14(12)17/h5-8,11,13H,3-4,9-10H2,1-2H3,(H,18,19). The minimum atomic E-state index is -0.347. The van der Waals surface area contributed by atoms with Gasteiger partial charge in [-0.2, -0.15) is 0 Å². The zero-order valence-electron chi connectivity index (χ0n) is 11.5. The zero-order valence-corrected chi connectivity index (χ0v) is 12.2. The van der Waals surface area contributed by atoms with Crippen molar-refractivity contribution in [3.8, 4) is 0 Å². The van der Waals surface area contributed by atoms with Gasteiger partial charge < -0.3 is 5.32 Å². The third-order valence-corrected chi connectivity index (χ3v) is 3.87. The number of carbonyl (C=O) groups excluding carboxylic acids is 1. The first kappa shape index (κ1) is 16.0. The van der Waals surface area contributed by atoms with Crippen molar-refractivity contribution in [1.29, 1.82) is 0 Å². The number of halogens is 2. The van der Waals surface area contributed by atoms with Crippen LogP contribution in [-0.2, 0) is 11.2 Å². The SMILES string of the molecule is CCC(CC)C(Cl)CNC(=O)Cc1ccccc1F. The Kier molecular flexibility index (Phi) is 6.85. The van der Waals surface area contributed by atoms with Gasteiger partial charge in [0.2, 0.25) is 5.91 Å². The monoisotopic (exact) mass is 285 g/mol. The number of hydrogen-bond donors (Lipinski definition) is 1. The molecule has 1 aromatic carbocycles. The Morgan fingerprint density at radius 2 is 1.95 bits per heavy atom. The molecule has 1 amide bonds. The molecule has 0 bridgehead atoms. The molecular formula is C15H21ClFNO. The molecule has 1 rings (SSSR count). The molecule has 0 heterocycles. The number of alkyl halides is 1. The highest BCUT2D eigenvalue weighted by Crippen LogP contribution is 2.17. The molecule has 106 valence electrons. The van der Waals surface area contributed by atoms with Crippen molar-refractivity contribution in [2.24, 2.45) is 5.92 Å². The highest BCUT2D eigenvalue weighted by atomic mass is 35.5. The second-order valence-corrected chi connectivity index (χ2v) is 5.23. The van der Waals surface area contributed by atoms with Gasteiger partial charge in [0.15, 0.2) is 0 Å². The second-order valence-electron chi connectivity index (χ2n) is 4.66. The number of rotatable bonds is 7. The van der Waals surface area contributed by atoms with Gasteiger partial charge in [-0.3, -0.25) is 4.79 Å². The first-order valence-electron chi connectivity index (χ1n) is 6.72. The van der Waals surface area contributed by atoms with E-state index in [-0.39, 0.29) is 23.5 Å². The molecule has 0 fully saturated rings.